The van der Waals surface area contributed by atoms with E-state index in [1.165, 1.54) is 4.57 Å². The minimum atomic E-state index is -0.150. The van der Waals surface area contributed by atoms with Gasteiger partial charge in [0.1, 0.15) is 6.54 Å². The van der Waals surface area contributed by atoms with Crippen LogP contribution in [0.25, 0.3) is 0 Å². The minimum absolute atomic E-state index is 0.0755. The molecule has 0 saturated heterocycles. The SMILES string of the molecule is CCCC(CCO)CNC(=O)Cn1c(C)csc1=O. The Labute approximate surface area is 117 Å². The second kappa shape index (κ2) is 8.12. The maximum absolute atomic E-state index is 11.8. The highest BCUT2D eigenvalue weighted by Gasteiger charge is 2.11. The molecule has 1 aromatic heterocycles. The Morgan fingerprint density at radius 3 is 2.79 bits per heavy atom. The van der Waals surface area contributed by atoms with Gasteiger partial charge >= 0.3 is 4.87 Å². The number of aliphatic hydroxyl groups is 1. The summed E-state index contributed by atoms with van der Waals surface area (Å²) >= 11 is 1.11. The molecule has 1 amide bonds. The Balaban J connectivity index is 2.45. The van der Waals surface area contributed by atoms with Gasteiger partial charge in [-0.3, -0.25) is 14.2 Å². The average Bonchev–Trinajstić information content (AvgIpc) is 2.68. The fourth-order valence-corrected chi connectivity index (χ4v) is 2.73. The van der Waals surface area contributed by atoms with Crippen LogP contribution in [0.2, 0.25) is 0 Å². The molecule has 0 aliphatic carbocycles. The Bertz CT molecular complexity index is 447. The van der Waals surface area contributed by atoms with Crippen LogP contribution in [0.5, 0.6) is 0 Å². The van der Waals surface area contributed by atoms with Crippen LogP contribution in [0.1, 0.15) is 31.9 Å². The zero-order valence-corrected chi connectivity index (χ0v) is 12.3. The van der Waals surface area contributed by atoms with Gasteiger partial charge < -0.3 is 10.4 Å². The lowest BCUT2D eigenvalue weighted by Gasteiger charge is -2.15. The van der Waals surface area contributed by atoms with Crippen molar-refractivity contribution in [3.05, 3.63) is 20.7 Å². The van der Waals surface area contributed by atoms with E-state index in [1.807, 2.05) is 6.92 Å². The smallest absolute Gasteiger partial charge is 0.307 e. The van der Waals surface area contributed by atoms with Crippen molar-refractivity contribution in [2.75, 3.05) is 13.2 Å². The van der Waals surface area contributed by atoms with Crippen LogP contribution in [0.15, 0.2) is 10.2 Å². The molecule has 0 saturated carbocycles. The predicted octanol–water partition coefficient (Wildman–Crippen LogP) is 1.13. The molecule has 0 bridgehead atoms. The summed E-state index contributed by atoms with van der Waals surface area (Å²) in [5.41, 5.74) is 0.811. The fourth-order valence-electron chi connectivity index (χ4n) is 1.99. The third-order valence-electron chi connectivity index (χ3n) is 3.10. The lowest BCUT2D eigenvalue weighted by Crippen LogP contribution is -2.34. The number of nitrogens with one attached hydrogen (secondary N) is 1. The van der Waals surface area contributed by atoms with E-state index in [4.69, 9.17) is 5.11 Å². The van der Waals surface area contributed by atoms with Crippen LogP contribution < -0.4 is 10.2 Å². The van der Waals surface area contributed by atoms with Gasteiger partial charge in [-0.25, -0.2) is 0 Å². The Morgan fingerprint density at radius 2 is 2.26 bits per heavy atom. The van der Waals surface area contributed by atoms with Crippen LogP contribution in [-0.4, -0.2) is 28.7 Å². The first-order valence-electron chi connectivity index (χ1n) is 6.61. The Morgan fingerprint density at radius 1 is 1.53 bits per heavy atom. The average molecular weight is 286 g/mol. The van der Waals surface area contributed by atoms with Crippen LogP contribution in [0.3, 0.4) is 0 Å². The van der Waals surface area contributed by atoms with Crippen molar-refractivity contribution in [3.63, 3.8) is 0 Å². The third-order valence-corrected chi connectivity index (χ3v) is 3.98. The van der Waals surface area contributed by atoms with Crippen LogP contribution in [0.4, 0.5) is 0 Å². The van der Waals surface area contributed by atoms with Gasteiger partial charge in [0, 0.05) is 24.2 Å². The molecule has 0 fully saturated rings. The molecule has 5 nitrogen and oxygen atoms in total. The lowest BCUT2D eigenvalue weighted by atomic mass is 10.0. The number of hydrogen-bond donors (Lipinski definition) is 2. The van der Waals surface area contributed by atoms with E-state index in [-0.39, 0.29) is 23.9 Å². The monoisotopic (exact) mass is 286 g/mol. The standard InChI is InChI=1S/C13H22N2O3S/c1-3-4-11(5-6-16)7-14-12(17)8-15-10(2)9-19-13(15)18/h9,11,16H,3-8H2,1-2H3,(H,14,17). The number of amides is 1. The first-order chi connectivity index (χ1) is 9.08. The molecule has 1 heterocycles. The number of aromatic nitrogens is 1. The van der Waals surface area contributed by atoms with Gasteiger partial charge in [-0.05, 0) is 25.7 Å². The summed E-state index contributed by atoms with van der Waals surface area (Å²) in [7, 11) is 0. The summed E-state index contributed by atoms with van der Waals surface area (Å²) in [4.78, 5) is 23.2. The van der Waals surface area contributed by atoms with Crippen LogP contribution >= 0.6 is 11.3 Å². The second-order valence-corrected chi connectivity index (χ2v) is 5.52. The number of rotatable bonds is 8. The van der Waals surface area contributed by atoms with Crippen molar-refractivity contribution in [2.24, 2.45) is 5.92 Å². The zero-order chi connectivity index (χ0) is 14.3. The van der Waals surface area contributed by atoms with Gasteiger partial charge in [0.05, 0.1) is 0 Å². The second-order valence-electron chi connectivity index (χ2n) is 4.70. The highest BCUT2D eigenvalue weighted by Crippen LogP contribution is 2.09. The lowest BCUT2D eigenvalue weighted by molar-refractivity contribution is -0.121. The molecular formula is C13H22N2O3S. The maximum atomic E-state index is 11.8. The number of aliphatic hydroxyl groups excluding tert-OH is 1. The Kier molecular flexibility index (Phi) is 6.80. The van der Waals surface area contributed by atoms with E-state index >= 15 is 0 Å². The van der Waals surface area contributed by atoms with Crippen molar-refractivity contribution >= 4 is 17.2 Å². The summed E-state index contributed by atoms with van der Waals surface area (Å²) in [6.45, 7) is 4.68. The topological polar surface area (TPSA) is 71.3 Å². The maximum Gasteiger partial charge on any atom is 0.307 e. The molecule has 1 unspecified atom stereocenters. The van der Waals surface area contributed by atoms with Crippen LogP contribution in [-0.2, 0) is 11.3 Å². The predicted molar refractivity (Wildman–Crippen MR) is 76.4 cm³/mol. The highest BCUT2D eigenvalue weighted by molar-refractivity contribution is 7.07. The molecule has 0 aliphatic rings. The molecule has 1 aromatic rings. The number of nitrogens with zero attached hydrogens (tertiary/aromatic N) is 1. The fraction of sp³-hybridized carbons (Fsp3) is 0.692. The van der Waals surface area contributed by atoms with Crippen molar-refractivity contribution in [3.8, 4) is 0 Å². The van der Waals surface area contributed by atoms with E-state index < -0.39 is 0 Å². The molecule has 1 atom stereocenters. The van der Waals surface area contributed by atoms with Crippen LogP contribution in [0, 0.1) is 12.8 Å². The van der Waals surface area contributed by atoms with Gasteiger partial charge in [-0.1, -0.05) is 24.7 Å². The van der Waals surface area contributed by atoms with Gasteiger partial charge in [0.2, 0.25) is 5.91 Å². The Hall–Kier alpha value is -1.14. The number of carbonyl (C=O) groups is 1. The summed E-state index contributed by atoms with van der Waals surface area (Å²) < 4.78 is 1.47. The first kappa shape index (κ1) is 15.9. The number of carbonyl (C=O) groups excluding carboxylic acids is 1. The number of hydrogen-bond acceptors (Lipinski definition) is 4. The molecule has 6 heteroatoms. The van der Waals surface area contributed by atoms with Crippen molar-refractivity contribution in [1.82, 2.24) is 9.88 Å². The molecule has 0 aromatic carbocycles. The highest BCUT2D eigenvalue weighted by atomic mass is 32.1. The van der Waals surface area contributed by atoms with E-state index in [2.05, 4.69) is 12.2 Å². The zero-order valence-electron chi connectivity index (χ0n) is 11.5. The molecular weight excluding hydrogens is 264 g/mol. The summed E-state index contributed by atoms with van der Waals surface area (Å²) in [5.74, 6) is 0.155. The molecule has 0 radical (unpaired) electrons. The quantitative estimate of drug-likeness (QED) is 0.752. The van der Waals surface area contributed by atoms with Gasteiger partial charge in [-0.15, -0.1) is 0 Å². The summed E-state index contributed by atoms with van der Waals surface area (Å²) in [6.07, 6.45) is 2.72. The van der Waals surface area contributed by atoms with Crippen molar-refractivity contribution in [1.29, 1.82) is 0 Å². The molecule has 108 valence electrons. The summed E-state index contributed by atoms with van der Waals surface area (Å²) in [6, 6.07) is 0. The normalized spacial score (nSPS) is 12.4. The third kappa shape index (κ3) is 5.16. The first-order valence-corrected chi connectivity index (χ1v) is 7.49. The molecule has 19 heavy (non-hydrogen) atoms. The largest absolute Gasteiger partial charge is 0.396 e. The van der Waals surface area contributed by atoms with E-state index in [9.17, 15) is 9.59 Å². The number of thiazole rings is 1. The summed E-state index contributed by atoms with van der Waals surface area (Å²) in [5, 5.41) is 13.5. The minimum Gasteiger partial charge on any atom is -0.396 e. The van der Waals surface area contributed by atoms with Gasteiger partial charge in [-0.2, -0.15) is 0 Å². The van der Waals surface area contributed by atoms with E-state index in [1.54, 1.807) is 5.38 Å². The van der Waals surface area contributed by atoms with Crippen molar-refractivity contribution in [2.45, 2.75) is 39.7 Å². The van der Waals surface area contributed by atoms with Gasteiger partial charge in [0.15, 0.2) is 0 Å². The molecule has 2 N–H and O–H groups in total. The van der Waals surface area contributed by atoms with Crippen molar-refractivity contribution < 1.29 is 9.90 Å². The molecule has 0 spiro atoms. The molecule has 1 rings (SSSR count). The van der Waals surface area contributed by atoms with Gasteiger partial charge in [0.25, 0.3) is 0 Å². The van der Waals surface area contributed by atoms with E-state index in [0.717, 1.165) is 29.9 Å². The van der Waals surface area contributed by atoms with E-state index in [0.29, 0.717) is 18.9 Å². The number of aryl methyl sites for hydroxylation is 1. The molecule has 0 aliphatic heterocycles.